The molecule has 2 aromatic carbocycles. The molecule has 1 heterocycles. The van der Waals surface area contributed by atoms with E-state index in [2.05, 4.69) is 5.16 Å². The minimum absolute atomic E-state index is 0.196. The predicted molar refractivity (Wildman–Crippen MR) is 95.6 cm³/mol. The first-order chi connectivity index (χ1) is 12.1. The Morgan fingerprint density at radius 3 is 2.68 bits per heavy atom. The van der Waals surface area contributed by atoms with Crippen molar-refractivity contribution < 1.29 is 14.1 Å². The maximum absolute atomic E-state index is 12.4. The summed E-state index contributed by atoms with van der Waals surface area (Å²) < 4.78 is 11.0. The molecule has 0 bridgehead atoms. The van der Waals surface area contributed by atoms with E-state index < -0.39 is 0 Å². The van der Waals surface area contributed by atoms with Gasteiger partial charge < -0.3 is 14.2 Å². The number of rotatable bonds is 6. The highest BCUT2D eigenvalue weighted by Crippen LogP contribution is 2.20. The molecule has 0 aliphatic heterocycles. The van der Waals surface area contributed by atoms with Crippen LogP contribution in [0.15, 0.2) is 65.2 Å². The molecule has 0 saturated carbocycles. The number of benzene rings is 2. The van der Waals surface area contributed by atoms with Crippen molar-refractivity contribution in [1.82, 2.24) is 10.1 Å². The second-order valence-electron chi connectivity index (χ2n) is 5.83. The van der Waals surface area contributed by atoms with Crippen molar-refractivity contribution in [2.45, 2.75) is 6.92 Å². The molecular weight excluding hydrogens is 316 g/mol. The van der Waals surface area contributed by atoms with Gasteiger partial charge >= 0.3 is 0 Å². The lowest BCUT2D eigenvalue weighted by atomic mass is 10.1. The molecule has 3 rings (SSSR count). The van der Waals surface area contributed by atoms with Gasteiger partial charge in [-0.2, -0.15) is 0 Å². The average Bonchev–Trinajstić information content (AvgIpc) is 3.12. The molecule has 0 radical (unpaired) electrons. The van der Waals surface area contributed by atoms with E-state index >= 15 is 0 Å². The lowest BCUT2D eigenvalue weighted by Gasteiger charge is -2.16. The summed E-state index contributed by atoms with van der Waals surface area (Å²) in [7, 11) is 1.72. The van der Waals surface area contributed by atoms with Crippen LogP contribution in [-0.4, -0.2) is 36.2 Å². The van der Waals surface area contributed by atoms with E-state index in [0.717, 1.165) is 16.9 Å². The van der Waals surface area contributed by atoms with Gasteiger partial charge in [-0.25, -0.2) is 0 Å². The fourth-order valence-electron chi connectivity index (χ4n) is 2.42. The first-order valence-electron chi connectivity index (χ1n) is 8.10. The number of hydrogen-bond donors (Lipinski definition) is 0. The van der Waals surface area contributed by atoms with Crippen molar-refractivity contribution in [2.24, 2.45) is 0 Å². The monoisotopic (exact) mass is 336 g/mol. The van der Waals surface area contributed by atoms with Crippen LogP contribution in [0.5, 0.6) is 5.75 Å². The van der Waals surface area contributed by atoms with Gasteiger partial charge in [-0.15, -0.1) is 0 Å². The van der Waals surface area contributed by atoms with Crippen LogP contribution in [0, 0.1) is 6.92 Å². The zero-order chi connectivity index (χ0) is 17.6. The number of hydrogen-bond acceptors (Lipinski definition) is 4. The van der Waals surface area contributed by atoms with Gasteiger partial charge in [0.05, 0.1) is 6.54 Å². The molecule has 5 heteroatoms. The molecule has 0 saturated heterocycles. The number of aromatic nitrogens is 1. The van der Waals surface area contributed by atoms with Gasteiger partial charge in [-0.3, -0.25) is 4.79 Å². The number of amides is 1. The quantitative estimate of drug-likeness (QED) is 0.687. The fourth-order valence-corrected chi connectivity index (χ4v) is 2.42. The molecule has 0 aliphatic carbocycles. The van der Waals surface area contributed by atoms with Crippen LogP contribution in [0.3, 0.4) is 0 Å². The third-order valence-corrected chi connectivity index (χ3v) is 3.82. The van der Waals surface area contributed by atoms with Crippen molar-refractivity contribution in [3.63, 3.8) is 0 Å². The van der Waals surface area contributed by atoms with Crippen molar-refractivity contribution in [1.29, 1.82) is 0 Å². The number of nitrogens with zero attached hydrogens (tertiary/aromatic N) is 2. The second-order valence-corrected chi connectivity index (χ2v) is 5.83. The lowest BCUT2D eigenvalue weighted by Crippen LogP contribution is -2.31. The highest BCUT2D eigenvalue weighted by molar-refractivity contribution is 5.92. The first kappa shape index (κ1) is 16.8. The van der Waals surface area contributed by atoms with Crippen LogP contribution in [0.4, 0.5) is 0 Å². The molecule has 0 N–H and O–H groups in total. The van der Waals surface area contributed by atoms with E-state index in [0.29, 0.717) is 18.9 Å². The summed E-state index contributed by atoms with van der Waals surface area (Å²) in [6.07, 6.45) is 0. The molecule has 0 fully saturated rings. The molecule has 5 nitrogen and oxygen atoms in total. The van der Waals surface area contributed by atoms with Gasteiger partial charge in [-0.05, 0) is 24.6 Å². The molecule has 0 unspecified atom stereocenters. The Bertz CT molecular complexity index is 843. The summed E-state index contributed by atoms with van der Waals surface area (Å²) in [5.74, 6) is 1.18. The molecule has 128 valence electrons. The van der Waals surface area contributed by atoms with Crippen LogP contribution in [-0.2, 0) is 0 Å². The maximum Gasteiger partial charge on any atom is 0.275 e. The zero-order valence-electron chi connectivity index (χ0n) is 14.3. The average molecular weight is 336 g/mol. The summed E-state index contributed by atoms with van der Waals surface area (Å²) in [5, 5.41) is 3.88. The number of aryl methyl sites for hydroxylation is 1. The van der Waals surface area contributed by atoms with Crippen LogP contribution in [0.1, 0.15) is 16.1 Å². The Morgan fingerprint density at radius 2 is 1.92 bits per heavy atom. The van der Waals surface area contributed by atoms with Crippen LogP contribution >= 0.6 is 0 Å². The van der Waals surface area contributed by atoms with Crippen molar-refractivity contribution in [3.05, 3.63) is 71.9 Å². The molecule has 25 heavy (non-hydrogen) atoms. The third kappa shape index (κ3) is 4.26. The van der Waals surface area contributed by atoms with Crippen LogP contribution in [0.25, 0.3) is 11.3 Å². The molecule has 1 amide bonds. The minimum atomic E-state index is -0.196. The van der Waals surface area contributed by atoms with Gasteiger partial charge in [0, 0.05) is 18.7 Å². The normalized spacial score (nSPS) is 10.5. The first-order valence-corrected chi connectivity index (χ1v) is 8.10. The highest BCUT2D eigenvalue weighted by Gasteiger charge is 2.17. The standard InChI is InChI=1S/C20H20N2O3/c1-15-7-6-10-17(13-15)24-12-11-22(2)20(23)18-14-19(25-21-18)16-8-4-3-5-9-16/h3-10,13-14H,11-12H2,1-2H3. The Morgan fingerprint density at radius 1 is 1.12 bits per heavy atom. The van der Waals surface area contributed by atoms with Crippen molar-refractivity contribution >= 4 is 5.91 Å². The fraction of sp³-hybridized carbons (Fsp3) is 0.200. The summed E-state index contributed by atoms with van der Waals surface area (Å²) in [6.45, 7) is 2.88. The minimum Gasteiger partial charge on any atom is -0.492 e. The molecule has 1 aromatic heterocycles. The molecular formula is C20H20N2O3. The zero-order valence-corrected chi connectivity index (χ0v) is 14.3. The second kappa shape index (κ2) is 7.66. The maximum atomic E-state index is 12.4. The van der Waals surface area contributed by atoms with E-state index in [1.54, 1.807) is 18.0 Å². The summed E-state index contributed by atoms with van der Waals surface area (Å²) in [5.41, 5.74) is 2.31. The van der Waals surface area contributed by atoms with E-state index in [1.807, 2.05) is 61.5 Å². The van der Waals surface area contributed by atoms with Gasteiger partial charge in [-0.1, -0.05) is 47.6 Å². The molecule has 3 aromatic rings. The lowest BCUT2D eigenvalue weighted by molar-refractivity contribution is 0.0763. The van der Waals surface area contributed by atoms with E-state index in [9.17, 15) is 4.79 Å². The number of carbonyl (C=O) groups is 1. The van der Waals surface area contributed by atoms with Gasteiger partial charge in [0.25, 0.3) is 5.91 Å². The predicted octanol–water partition coefficient (Wildman–Crippen LogP) is 3.80. The third-order valence-electron chi connectivity index (χ3n) is 3.82. The van der Waals surface area contributed by atoms with Crippen LogP contribution in [0.2, 0.25) is 0 Å². The Hall–Kier alpha value is -3.08. The van der Waals surface area contributed by atoms with E-state index in [1.165, 1.54) is 0 Å². The topological polar surface area (TPSA) is 55.6 Å². The summed E-state index contributed by atoms with van der Waals surface area (Å²) >= 11 is 0. The van der Waals surface area contributed by atoms with E-state index in [-0.39, 0.29) is 11.6 Å². The van der Waals surface area contributed by atoms with Crippen molar-refractivity contribution in [2.75, 3.05) is 20.2 Å². The summed E-state index contributed by atoms with van der Waals surface area (Å²) in [4.78, 5) is 14.0. The Kier molecular flexibility index (Phi) is 5.14. The molecule has 0 spiro atoms. The molecule has 0 atom stereocenters. The largest absolute Gasteiger partial charge is 0.492 e. The summed E-state index contributed by atoms with van der Waals surface area (Å²) in [6, 6.07) is 19.1. The Balaban J connectivity index is 1.56. The number of likely N-dealkylation sites (N-methyl/N-ethyl adjacent to an activating group) is 1. The Labute approximate surface area is 146 Å². The van der Waals surface area contributed by atoms with Gasteiger partial charge in [0.2, 0.25) is 0 Å². The highest BCUT2D eigenvalue weighted by atomic mass is 16.5. The molecule has 0 aliphatic rings. The van der Waals surface area contributed by atoms with Crippen molar-refractivity contribution in [3.8, 4) is 17.1 Å². The smallest absolute Gasteiger partial charge is 0.275 e. The van der Waals surface area contributed by atoms with E-state index in [4.69, 9.17) is 9.26 Å². The number of ether oxygens (including phenoxy) is 1. The van der Waals surface area contributed by atoms with Gasteiger partial charge in [0.15, 0.2) is 11.5 Å². The van der Waals surface area contributed by atoms with Gasteiger partial charge in [0.1, 0.15) is 12.4 Å². The SMILES string of the molecule is Cc1cccc(OCCN(C)C(=O)c2cc(-c3ccccc3)on2)c1. The number of carbonyl (C=O) groups excluding carboxylic acids is 1. The van der Waals surface area contributed by atoms with Crippen LogP contribution < -0.4 is 4.74 Å².